The Bertz CT molecular complexity index is 433. The highest BCUT2D eigenvalue weighted by atomic mass is 35.5. The lowest BCUT2D eigenvalue weighted by molar-refractivity contribution is -0.0799. The highest BCUT2D eigenvalue weighted by Gasteiger charge is 2.28. The normalized spacial score (nSPS) is 26.4. The molecular weight excluding hydrogens is 267 g/mol. The highest BCUT2D eigenvalue weighted by molar-refractivity contribution is 6.30. The number of nitrogens with zero attached hydrogens (tertiary/aromatic N) is 1. The first kappa shape index (κ1) is 14.7. The molecule has 3 atom stereocenters. The summed E-state index contributed by atoms with van der Waals surface area (Å²) in [6, 6.07) is 4.90. The molecule has 1 aliphatic rings. The van der Waals surface area contributed by atoms with Crippen LogP contribution < -0.4 is 5.73 Å². The van der Waals surface area contributed by atoms with Crippen LogP contribution in [-0.4, -0.2) is 36.7 Å². The Balaban J connectivity index is 2.21. The number of morpholine rings is 1. The summed E-state index contributed by atoms with van der Waals surface area (Å²) in [5.74, 6) is -0.396. The van der Waals surface area contributed by atoms with Crippen LogP contribution in [0.3, 0.4) is 0 Å². The van der Waals surface area contributed by atoms with Gasteiger partial charge in [-0.1, -0.05) is 17.7 Å². The molecule has 1 fully saturated rings. The average molecular weight is 287 g/mol. The van der Waals surface area contributed by atoms with E-state index in [1.54, 1.807) is 6.07 Å². The zero-order valence-corrected chi connectivity index (χ0v) is 12.0. The first-order valence-corrected chi connectivity index (χ1v) is 6.93. The largest absolute Gasteiger partial charge is 0.373 e. The second-order valence-electron chi connectivity index (χ2n) is 5.14. The molecular formula is C14H20ClFN2O. The van der Waals surface area contributed by atoms with Crippen molar-refractivity contribution in [3.63, 3.8) is 0 Å². The summed E-state index contributed by atoms with van der Waals surface area (Å²) in [4.78, 5) is 2.25. The van der Waals surface area contributed by atoms with Gasteiger partial charge in [-0.15, -0.1) is 0 Å². The zero-order chi connectivity index (χ0) is 14.0. The third kappa shape index (κ3) is 3.45. The van der Waals surface area contributed by atoms with E-state index in [9.17, 15) is 4.39 Å². The minimum Gasteiger partial charge on any atom is -0.373 e. The molecule has 0 spiro atoms. The highest BCUT2D eigenvalue weighted by Crippen LogP contribution is 2.26. The number of nitrogens with two attached hydrogens (primary N) is 1. The van der Waals surface area contributed by atoms with Gasteiger partial charge in [0.25, 0.3) is 0 Å². The van der Waals surface area contributed by atoms with Crippen LogP contribution in [0.5, 0.6) is 0 Å². The number of ether oxygens (including phenoxy) is 1. The molecule has 0 saturated carbocycles. The maximum Gasteiger partial charge on any atom is 0.142 e. The number of benzene rings is 1. The molecule has 5 heteroatoms. The van der Waals surface area contributed by atoms with E-state index < -0.39 is 5.82 Å². The molecule has 106 valence electrons. The Kier molecular flexibility index (Phi) is 4.79. The van der Waals surface area contributed by atoms with E-state index in [2.05, 4.69) is 4.90 Å². The van der Waals surface area contributed by atoms with E-state index in [0.717, 1.165) is 18.7 Å². The molecule has 2 rings (SSSR count). The molecule has 0 bridgehead atoms. The summed E-state index contributed by atoms with van der Waals surface area (Å²) in [6.45, 7) is 6.13. The summed E-state index contributed by atoms with van der Waals surface area (Å²) < 4.78 is 19.3. The van der Waals surface area contributed by atoms with Crippen molar-refractivity contribution in [2.75, 3.05) is 19.6 Å². The lowest BCUT2D eigenvalue weighted by Crippen LogP contribution is -2.48. The van der Waals surface area contributed by atoms with E-state index in [4.69, 9.17) is 22.1 Å². The predicted octanol–water partition coefficient (Wildman–Crippen LogP) is 2.59. The van der Waals surface area contributed by atoms with Gasteiger partial charge in [-0.05, 0) is 31.5 Å². The van der Waals surface area contributed by atoms with Crippen molar-refractivity contribution in [3.05, 3.63) is 34.6 Å². The first-order chi connectivity index (χ1) is 9.01. The van der Waals surface area contributed by atoms with Crippen molar-refractivity contribution in [1.29, 1.82) is 0 Å². The summed E-state index contributed by atoms with van der Waals surface area (Å²) in [5, 5.41) is 0.142. The van der Waals surface area contributed by atoms with E-state index in [0.29, 0.717) is 6.54 Å². The van der Waals surface area contributed by atoms with Gasteiger partial charge in [-0.3, -0.25) is 4.90 Å². The summed E-state index contributed by atoms with van der Waals surface area (Å²) in [7, 11) is 0. The Labute approximate surface area is 118 Å². The van der Waals surface area contributed by atoms with E-state index >= 15 is 0 Å². The average Bonchev–Trinajstić information content (AvgIpc) is 2.33. The van der Waals surface area contributed by atoms with Gasteiger partial charge in [0.15, 0.2) is 0 Å². The van der Waals surface area contributed by atoms with Crippen LogP contribution in [0.15, 0.2) is 18.2 Å². The van der Waals surface area contributed by atoms with Crippen LogP contribution in [0, 0.1) is 5.82 Å². The lowest BCUT2D eigenvalue weighted by atomic mass is 10.0. The number of hydrogen-bond donors (Lipinski definition) is 1. The number of halogens is 2. The molecule has 1 heterocycles. The fourth-order valence-corrected chi connectivity index (χ4v) is 2.81. The van der Waals surface area contributed by atoms with Crippen molar-refractivity contribution in [3.8, 4) is 0 Å². The maximum atomic E-state index is 13.6. The molecule has 1 aromatic rings. The first-order valence-electron chi connectivity index (χ1n) is 6.55. The van der Waals surface area contributed by atoms with Crippen LogP contribution in [0.25, 0.3) is 0 Å². The van der Waals surface area contributed by atoms with Crippen molar-refractivity contribution in [2.24, 2.45) is 5.73 Å². The molecule has 19 heavy (non-hydrogen) atoms. The predicted molar refractivity (Wildman–Crippen MR) is 74.8 cm³/mol. The third-order valence-corrected chi connectivity index (χ3v) is 3.75. The van der Waals surface area contributed by atoms with Gasteiger partial charge in [0.05, 0.1) is 17.2 Å². The van der Waals surface area contributed by atoms with E-state index in [1.165, 1.54) is 6.07 Å². The van der Waals surface area contributed by atoms with Gasteiger partial charge < -0.3 is 10.5 Å². The van der Waals surface area contributed by atoms with Crippen molar-refractivity contribution >= 4 is 11.6 Å². The summed E-state index contributed by atoms with van der Waals surface area (Å²) in [5.41, 5.74) is 6.74. The molecule has 1 aromatic carbocycles. The molecule has 2 N–H and O–H groups in total. The zero-order valence-electron chi connectivity index (χ0n) is 11.3. The number of rotatable bonds is 3. The van der Waals surface area contributed by atoms with Crippen molar-refractivity contribution in [1.82, 2.24) is 4.90 Å². The van der Waals surface area contributed by atoms with Gasteiger partial charge >= 0.3 is 0 Å². The smallest absolute Gasteiger partial charge is 0.142 e. The second-order valence-corrected chi connectivity index (χ2v) is 5.54. The van der Waals surface area contributed by atoms with E-state index in [-0.39, 0.29) is 23.3 Å². The van der Waals surface area contributed by atoms with Crippen LogP contribution in [0.1, 0.15) is 25.5 Å². The Morgan fingerprint density at radius 2 is 2.05 bits per heavy atom. The van der Waals surface area contributed by atoms with Crippen molar-refractivity contribution in [2.45, 2.75) is 32.1 Å². The van der Waals surface area contributed by atoms with Gasteiger partial charge in [-0.2, -0.15) is 0 Å². The maximum absolute atomic E-state index is 13.6. The summed E-state index contributed by atoms with van der Waals surface area (Å²) in [6.07, 6.45) is 0.324. The Morgan fingerprint density at radius 3 is 2.58 bits per heavy atom. The van der Waals surface area contributed by atoms with Crippen LogP contribution >= 0.6 is 11.6 Å². The fourth-order valence-electron chi connectivity index (χ4n) is 2.69. The second kappa shape index (κ2) is 6.18. The molecule has 0 aliphatic carbocycles. The van der Waals surface area contributed by atoms with E-state index in [1.807, 2.05) is 19.9 Å². The van der Waals surface area contributed by atoms with Crippen molar-refractivity contribution < 1.29 is 9.13 Å². The van der Waals surface area contributed by atoms with Gasteiger partial charge in [0, 0.05) is 25.7 Å². The standard InChI is InChI=1S/C14H20ClFN2O/c1-9-7-18(8-10(2)19-9)14(6-17)11-3-4-12(15)13(16)5-11/h3-5,9-10,14H,6-8,17H2,1-2H3/t9-,10+,14?. The fraction of sp³-hybridized carbons (Fsp3) is 0.571. The number of hydrogen-bond acceptors (Lipinski definition) is 3. The topological polar surface area (TPSA) is 38.5 Å². The van der Waals surface area contributed by atoms with Gasteiger partial charge in [-0.25, -0.2) is 4.39 Å². The molecule has 1 aliphatic heterocycles. The minimum atomic E-state index is -0.396. The quantitative estimate of drug-likeness (QED) is 0.928. The monoisotopic (exact) mass is 286 g/mol. The molecule has 3 nitrogen and oxygen atoms in total. The third-order valence-electron chi connectivity index (χ3n) is 3.44. The molecule has 0 radical (unpaired) electrons. The molecule has 0 aromatic heterocycles. The Morgan fingerprint density at radius 1 is 1.42 bits per heavy atom. The van der Waals surface area contributed by atoms with Crippen LogP contribution in [-0.2, 0) is 4.74 Å². The van der Waals surface area contributed by atoms with Gasteiger partial charge in [0.1, 0.15) is 5.82 Å². The van der Waals surface area contributed by atoms with Crippen LogP contribution in [0.4, 0.5) is 4.39 Å². The van der Waals surface area contributed by atoms with Gasteiger partial charge in [0.2, 0.25) is 0 Å². The summed E-state index contributed by atoms with van der Waals surface area (Å²) >= 11 is 5.72. The molecule has 1 unspecified atom stereocenters. The molecule has 0 amide bonds. The Hall–Kier alpha value is -0.680. The van der Waals surface area contributed by atoms with Crippen LogP contribution in [0.2, 0.25) is 5.02 Å². The SMILES string of the molecule is C[C@@H]1CN(C(CN)c2ccc(Cl)c(F)c2)C[C@H](C)O1. The lowest BCUT2D eigenvalue weighted by Gasteiger charge is -2.40. The molecule has 1 saturated heterocycles. The minimum absolute atomic E-state index is 0.000525.